The maximum absolute atomic E-state index is 12.6. The summed E-state index contributed by atoms with van der Waals surface area (Å²) in [6.07, 6.45) is 8.71. The van der Waals surface area contributed by atoms with Crippen LogP contribution in [0.1, 0.15) is 79.3 Å². The second-order valence-electron chi connectivity index (χ2n) is 6.67. The van der Waals surface area contributed by atoms with Gasteiger partial charge in [-0.25, -0.2) is 0 Å². The quantitative estimate of drug-likeness (QED) is 0.757. The van der Waals surface area contributed by atoms with Crippen molar-refractivity contribution in [2.24, 2.45) is 0 Å². The Kier molecular flexibility index (Phi) is 5.35. The number of hydrogen-bond donors (Lipinski definition) is 3. The van der Waals surface area contributed by atoms with Gasteiger partial charge < -0.3 is 14.8 Å². The van der Waals surface area contributed by atoms with Gasteiger partial charge in [0.15, 0.2) is 0 Å². The molecule has 3 N–H and O–H groups in total. The lowest BCUT2D eigenvalue weighted by molar-refractivity contribution is 0.0901. The predicted molar refractivity (Wildman–Crippen MR) is 89.6 cm³/mol. The molecule has 0 unspecified atom stereocenters. The van der Waals surface area contributed by atoms with Crippen LogP contribution in [0.15, 0.2) is 29.0 Å². The van der Waals surface area contributed by atoms with Crippen LogP contribution in [0.2, 0.25) is 0 Å². The highest BCUT2D eigenvalue weighted by Crippen LogP contribution is 2.33. The van der Waals surface area contributed by atoms with Gasteiger partial charge in [0, 0.05) is 18.4 Å². The smallest absolute Gasteiger partial charge is 0.254 e. The Labute approximate surface area is 141 Å². The third-order valence-corrected chi connectivity index (χ3v) is 4.75. The number of aromatic amines is 1. The van der Waals surface area contributed by atoms with Gasteiger partial charge in [-0.15, -0.1) is 0 Å². The summed E-state index contributed by atoms with van der Waals surface area (Å²) in [5.41, 5.74) is 1.58. The van der Waals surface area contributed by atoms with E-state index in [9.17, 15) is 9.90 Å². The Hall–Kier alpha value is -2.08. The molecule has 0 aromatic carbocycles. The lowest BCUT2D eigenvalue weighted by Crippen LogP contribution is -2.34. The van der Waals surface area contributed by atoms with Crippen LogP contribution < -0.4 is 5.32 Å². The number of aliphatic hydroxyl groups excluding tert-OH is 1. The number of hydrogen-bond acceptors (Lipinski definition) is 4. The zero-order valence-electron chi connectivity index (χ0n) is 14.0. The first-order chi connectivity index (χ1) is 11.6. The molecule has 2 aromatic rings. The first-order valence-electron chi connectivity index (χ1n) is 8.70. The van der Waals surface area contributed by atoms with E-state index in [1.807, 2.05) is 6.92 Å². The van der Waals surface area contributed by atoms with E-state index < -0.39 is 6.10 Å². The van der Waals surface area contributed by atoms with Gasteiger partial charge in [0.05, 0.1) is 23.7 Å². The van der Waals surface area contributed by atoms with Crippen molar-refractivity contribution in [1.29, 1.82) is 0 Å². The molecule has 1 aliphatic rings. The number of furan rings is 1. The number of aromatic nitrogens is 2. The highest BCUT2D eigenvalue weighted by Gasteiger charge is 2.24. The van der Waals surface area contributed by atoms with Crippen LogP contribution in [0.4, 0.5) is 0 Å². The summed E-state index contributed by atoms with van der Waals surface area (Å²) in [6.45, 7) is 1.88. The van der Waals surface area contributed by atoms with Gasteiger partial charge >= 0.3 is 0 Å². The first kappa shape index (κ1) is 16.8. The molecule has 0 saturated heterocycles. The van der Waals surface area contributed by atoms with E-state index in [0.29, 0.717) is 23.7 Å². The number of carbonyl (C=O) groups is 1. The lowest BCUT2D eigenvalue weighted by atomic mass is 9.85. The maximum Gasteiger partial charge on any atom is 0.254 e. The zero-order valence-corrected chi connectivity index (χ0v) is 14.0. The molecule has 2 heterocycles. The molecule has 2 aromatic heterocycles. The fourth-order valence-corrected chi connectivity index (χ4v) is 3.47. The molecule has 0 bridgehead atoms. The van der Waals surface area contributed by atoms with Crippen molar-refractivity contribution in [3.05, 3.63) is 41.6 Å². The molecule has 1 amide bonds. The maximum atomic E-state index is 12.6. The number of carbonyl (C=O) groups excluding carboxylic acids is 1. The monoisotopic (exact) mass is 331 g/mol. The minimum absolute atomic E-state index is 0.136. The summed E-state index contributed by atoms with van der Waals surface area (Å²) < 4.78 is 5.19. The van der Waals surface area contributed by atoms with Gasteiger partial charge in [-0.1, -0.05) is 19.3 Å². The molecule has 0 radical (unpaired) electrons. The average molecular weight is 331 g/mol. The Morgan fingerprint density at radius 1 is 1.46 bits per heavy atom. The van der Waals surface area contributed by atoms with E-state index in [1.165, 1.54) is 25.5 Å². The van der Waals surface area contributed by atoms with E-state index in [1.54, 1.807) is 18.3 Å². The molecule has 0 aliphatic heterocycles. The topological polar surface area (TPSA) is 91.2 Å². The zero-order chi connectivity index (χ0) is 16.9. The van der Waals surface area contributed by atoms with Gasteiger partial charge in [-0.3, -0.25) is 9.89 Å². The summed E-state index contributed by atoms with van der Waals surface area (Å²) >= 11 is 0. The first-order valence-corrected chi connectivity index (χ1v) is 8.70. The summed E-state index contributed by atoms with van der Waals surface area (Å²) in [7, 11) is 0. The Balaban J connectivity index is 1.59. The molecule has 0 spiro atoms. The van der Waals surface area contributed by atoms with Gasteiger partial charge in [0.1, 0.15) is 11.9 Å². The van der Waals surface area contributed by atoms with Crippen LogP contribution >= 0.6 is 0 Å². The molecule has 130 valence electrons. The summed E-state index contributed by atoms with van der Waals surface area (Å²) in [5.74, 6) is 0.775. The second-order valence-corrected chi connectivity index (χ2v) is 6.67. The molecule has 1 saturated carbocycles. The predicted octanol–water partition coefficient (Wildman–Crippen LogP) is 3.29. The standard InChI is InChI=1S/C18H25N3O3/c1-12(10-15(22)16-8-5-9-24-16)20-18(23)14-11-19-21-17(14)13-6-3-2-4-7-13/h5,8-9,11-13,15,22H,2-4,6-7,10H2,1H3,(H,19,21)(H,20,23)/t12-,15-/m1/s1. The van der Waals surface area contributed by atoms with E-state index >= 15 is 0 Å². The Bertz CT molecular complexity index is 644. The van der Waals surface area contributed by atoms with Crippen molar-refractivity contribution in [1.82, 2.24) is 15.5 Å². The van der Waals surface area contributed by atoms with Gasteiger partial charge in [0.25, 0.3) is 5.91 Å². The third kappa shape index (κ3) is 3.87. The van der Waals surface area contributed by atoms with E-state index in [2.05, 4.69) is 15.5 Å². The van der Waals surface area contributed by atoms with Crippen molar-refractivity contribution in [3.63, 3.8) is 0 Å². The van der Waals surface area contributed by atoms with Gasteiger partial charge in [-0.2, -0.15) is 5.10 Å². The average Bonchev–Trinajstić information content (AvgIpc) is 3.27. The SMILES string of the molecule is C[C@H](C[C@@H](O)c1ccco1)NC(=O)c1cn[nH]c1C1CCCCC1. The van der Waals surface area contributed by atoms with Crippen LogP contribution in [0, 0.1) is 0 Å². The fraction of sp³-hybridized carbons (Fsp3) is 0.556. The number of amides is 1. The van der Waals surface area contributed by atoms with Crippen molar-refractivity contribution in [2.75, 3.05) is 0 Å². The number of H-pyrrole nitrogens is 1. The second kappa shape index (κ2) is 7.66. The Morgan fingerprint density at radius 3 is 2.96 bits per heavy atom. The van der Waals surface area contributed by atoms with Crippen molar-refractivity contribution < 1.29 is 14.3 Å². The number of aliphatic hydroxyl groups is 1. The third-order valence-electron chi connectivity index (χ3n) is 4.75. The number of rotatable bonds is 6. The van der Waals surface area contributed by atoms with Gasteiger partial charge in [0.2, 0.25) is 0 Å². The van der Waals surface area contributed by atoms with Crippen LogP contribution in [-0.2, 0) is 0 Å². The van der Waals surface area contributed by atoms with Crippen LogP contribution in [-0.4, -0.2) is 27.3 Å². The minimum Gasteiger partial charge on any atom is -0.467 e. The van der Waals surface area contributed by atoms with Gasteiger partial charge in [-0.05, 0) is 31.9 Å². The normalized spacial score (nSPS) is 18.2. The minimum atomic E-state index is -0.725. The van der Waals surface area contributed by atoms with Crippen molar-refractivity contribution in [3.8, 4) is 0 Å². The fourth-order valence-electron chi connectivity index (χ4n) is 3.47. The molecule has 6 nitrogen and oxygen atoms in total. The van der Waals surface area contributed by atoms with Crippen molar-refractivity contribution in [2.45, 2.75) is 63.5 Å². The molecular formula is C18H25N3O3. The Morgan fingerprint density at radius 2 is 2.25 bits per heavy atom. The largest absolute Gasteiger partial charge is 0.467 e. The number of nitrogens with one attached hydrogen (secondary N) is 2. The molecule has 2 atom stereocenters. The molecule has 1 fully saturated rings. The van der Waals surface area contributed by atoms with E-state index in [4.69, 9.17) is 4.42 Å². The summed E-state index contributed by atoms with van der Waals surface area (Å²) in [4.78, 5) is 12.6. The molecule has 3 rings (SSSR count). The van der Waals surface area contributed by atoms with Crippen molar-refractivity contribution >= 4 is 5.91 Å². The highest BCUT2D eigenvalue weighted by molar-refractivity contribution is 5.95. The molecule has 6 heteroatoms. The molecular weight excluding hydrogens is 306 g/mol. The summed E-state index contributed by atoms with van der Waals surface area (Å²) in [5, 5.41) is 20.2. The lowest BCUT2D eigenvalue weighted by Gasteiger charge is -2.22. The molecule has 1 aliphatic carbocycles. The van der Waals surface area contributed by atoms with Crippen LogP contribution in [0.5, 0.6) is 0 Å². The highest BCUT2D eigenvalue weighted by atomic mass is 16.4. The summed E-state index contributed by atoms with van der Waals surface area (Å²) in [6, 6.07) is 3.30. The van der Waals surface area contributed by atoms with E-state index in [0.717, 1.165) is 18.5 Å². The molecule has 24 heavy (non-hydrogen) atoms. The van der Waals surface area contributed by atoms with E-state index in [-0.39, 0.29) is 11.9 Å². The number of nitrogens with zero attached hydrogens (tertiary/aromatic N) is 1. The van der Waals surface area contributed by atoms with Crippen LogP contribution in [0.3, 0.4) is 0 Å². The van der Waals surface area contributed by atoms with Crippen LogP contribution in [0.25, 0.3) is 0 Å².